The van der Waals surface area contributed by atoms with Crippen molar-refractivity contribution in [3.05, 3.63) is 63.7 Å². The predicted octanol–water partition coefficient (Wildman–Crippen LogP) is 0.893. The molecular formula is C22H23ClO7. The number of halogens is 1. The number of benzene rings is 2. The standard InChI is InChI=1S/C22H23ClO7/c23-16-3-2-15(9-14(16)8-12-1-4-17-13(7-12)5-6-28-17)22-20(27)18(25)19(26)21(10-24,30-22)11-29-22/h1-4,7,9,18-20,24-27H,5-6,8,10-11H2/t18-,19-,20+,21+,22+/m0/s1. The first-order chi connectivity index (χ1) is 14.4. The van der Waals surface area contributed by atoms with E-state index in [1.54, 1.807) is 18.2 Å². The van der Waals surface area contributed by atoms with Crippen molar-refractivity contribution < 1.29 is 34.6 Å². The summed E-state index contributed by atoms with van der Waals surface area (Å²) in [5.74, 6) is -0.796. The summed E-state index contributed by atoms with van der Waals surface area (Å²) in [5, 5.41) is 41.7. The molecule has 0 unspecified atom stereocenters. The first-order valence-electron chi connectivity index (χ1n) is 9.91. The Kier molecular flexibility index (Phi) is 4.83. The average molecular weight is 435 g/mol. The minimum atomic E-state index is -1.70. The molecule has 0 radical (unpaired) electrons. The summed E-state index contributed by atoms with van der Waals surface area (Å²) in [5.41, 5.74) is 1.98. The SMILES string of the molecule is OC[C@]12CO[C@](c3ccc(Cl)c(Cc4ccc5c(c4)CCO5)c3)(O1)[C@H](O)[C@@H](O)[C@@H]2O. The van der Waals surface area contributed by atoms with Crippen molar-refractivity contribution in [3.63, 3.8) is 0 Å². The summed E-state index contributed by atoms with van der Waals surface area (Å²) < 4.78 is 17.3. The number of ether oxygens (including phenoxy) is 3. The molecule has 2 fully saturated rings. The highest BCUT2D eigenvalue weighted by atomic mass is 35.5. The summed E-state index contributed by atoms with van der Waals surface area (Å²) in [6.45, 7) is -0.0379. The van der Waals surface area contributed by atoms with Crippen LogP contribution < -0.4 is 4.74 Å². The third kappa shape index (κ3) is 2.89. The Labute approximate surface area is 178 Å². The van der Waals surface area contributed by atoms with E-state index in [4.69, 9.17) is 25.8 Å². The molecule has 0 spiro atoms. The second kappa shape index (κ2) is 7.17. The second-order valence-electron chi connectivity index (χ2n) is 8.18. The van der Waals surface area contributed by atoms with Gasteiger partial charge in [-0.25, -0.2) is 0 Å². The van der Waals surface area contributed by atoms with Crippen molar-refractivity contribution in [1.82, 2.24) is 0 Å². The normalized spacial score (nSPS) is 34.6. The molecule has 30 heavy (non-hydrogen) atoms. The van der Waals surface area contributed by atoms with Crippen molar-refractivity contribution >= 4 is 11.6 Å². The molecule has 160 valence electrons. The number of hydrogen-bond donors (Lipinski definition) is 4. The van der Waals surface area contributed by atoms with E-state index in [2.05, 4.69) is 6.07 Å². The first-order valence-corrected chi connectivity index (χ1v) is 10.3. The van der Waals surface area contributed by atoms with E-state index in [1.807, 2.05) is 12.1 Å². The van der Waals surface area contributed by atoms with Gasteiger partial charge in [0.15, 0.2) is 0 Å². The second-order valence-corrected chi connectivity index (χ2v) is 8.59. The Balaban J connectivity index is 1.50. The van der Waals surface area contributed by atoms with Gasteiger partial charge in [0.2, 0.25) is 5.79 Å². The molecule has 3 aliphatic rings. The molecule has 3 heterocycles. The lowest BCUT2D eigenvalue weighted by Gasteiger charge is -2.46. The maximum atomic E-state index is 10.7. The van der Waals surface area contributed by atoms with E-state index in [0.29, 0.717) is 23.6 Å². The first kappa shape index (κ1) is 20.2. The van der Waals surface area contributed by atoms with Gasteiger partial charge in [-0.3, -0.25) is 0 Å². The molecule has 7 nitrogen and oxygen atoms in total. The third-order valence-corrected chi connectivity index (χ3v) is 6.69. The summed E-state index contributed by atoms with van der Waals surface area (Å²) in [6.07, 6.45) is -3.14. The lowest BCUT2D eigenvalue weighted by atomic mass is 9.83. The fraction of sp³-hybridized carbons (Fsp3) is 0.455. The van der Waals surface area contributed by atoms with Crippen LogP contribution in [0.4, 0.5) is 0 Å². The van der Waals surface area contributed by atoms with Crippen molar-refractivity contribution in [3.8, 4) is 5.75 Å². The van der Waals surface area contributed by atoms with Crippen LogP contribution in [0.3, 0.4) is 0 Å². The smallest absolute Gasteiger partial charge is 0.225 e. The molecule has 2 aromatic carbocycles. The van der Waals surface area contributed by atoms with Crippen LogP contribution >= 0.6 is 11.6 Å². The third-order valence-electron chi connectivity index (χ3n) is 6.33. The van der Waals surface area contributed by atoms with Gasteiger partial charge in [0.1, 0.15) is 29.7 Å². The van der Waals surface area contributed by atoms with Crippen molar-refractivity contribution in [1.29, 1.82) is 0 Å². The van der Waals surface area contributed by atoms with E-state index in [0.717, 1.165) is 28.9 Å². The summed E-state index contributed by atoms with van der Waals surface area (Å²) >= 11 is 6.45. The molecule has 0 aromatic heterocycles. The highest BCUT2D eigenvalue weighted by Gasteiger charge is 2.67. The van der Waals surface area contributed by atoms with Gasteiger partial charge in [-0.15, -0.1) is 0 Å². The van der Waals surface area contributed by atoms with Crippen LogP contribution in [0.25, 0.3) is 0 Å². The van der Waals surface area contributed by atoms with Crippen molar-refractivity contribution in [2.24, 2.45) is 0 Å². The highest BCUT2D eigenvalue weighted by Crippen LogP contribution is 2.49. The molecule has 8 heteroatoms. The zero-order valence-corrected chi connectivity index (χ0v) is 16.9. The molecule has 3 aliphatic heterocycles. The maximum Gasteiger partial charge on any atom is 0.225 e. The van der Waals surface area contributed by atoms with Crippen LogP contribution in [0.15, 0.2) is 36.4 Å². The molecule has 2 aromatic rings. The Morgan fingerprint density at radius 1 is 1.07 bits per heavy atom. The monoisotopic (exact) mass is 434 g/mol. The Hall–Kier alpha value is -1.71. The van der Waals surface area contributed by atoms with Gasteiger partial charge in [0.05, 0.1) is 19.8 Å². The maximum absolute atomic E-state index is 10.7. The molecule has 0 amide bonds. The van der Waals surface area contributed by atoms with Crippen molar-refractivity contribution in [2.75, 3.05) is 19.8 Å². The van der Waals surface area contributed by atoms with Gasteiger partial charge in [-0.05, 0) is 41.3 Å². The molecule has 2 bridgehead atoms. The number of rotatable bonds is 4. The number of hydrogen-bond acceptors (Lipinski definition) is 7. The van der Waals surface area contributed by atoms with Crippen LogP contribution in [0.2, 0.25) is 5.02 Å². The Morgan fingerprint density at radius 3 is 2.70 bits per heavy atom. The molecule has 0 saturated carbocycles. The minimum Gasteiger partial charge on any atom is -0.493 e. The molecule has 2 saturated heterocycles. The van der Waals surface area contributed by atoms with E-state index >= 15 is 0 Å². The van der Waals surface area contributed by atoms with Crippen LogP contribution in [0, 0.1) is 0 Å². The fourth-order valence-corrected chi connectivity index (χ4v) is 4.76. The largest absolute Gasteiger partial charge is 0.493 e. The van der Waals surface area contributed by atoms with Gasteiger partial charge < -0.3 is 34.6 Å². The van der Waals surface area contributed by atoms with E-state index in [9.17, 15) is 20.4 Å². The molecule has 5 atom stereocenters. The molecule has 0 aliphatic carbocycles. The van der Waals surface area contributed by atoms with Crippen LogP contribution in [0.5, 0.6) is 5.75 Å². The van der Waals surface area contributed by atoms with Crippen LogP contribution in [0.1, 0.15) is 22.3 Å². The molecular weight excluding hydrogens is 412 g/mol. The lowest BCUT2D eigenvalue weighted by molar-refractivity contribution is -0.329. The van der Waals surface area contributed by atoms with E-state index < -0.39 is 36.3 Å². The van der Waals surface area contributed by atoms with Gasteiger partial charge in [0, 0.05) is 17.0 Å². The van der Waals surface area contributed by atoms with Gasteiger partial charge in [-0.2, -0.15) is 0 Å². The number of aliphatic hydroxyl groups is 4. The topological polar surface area (TPSA) is 109 Å². The molecule has 5 rings (SSSR count). The Bertz CT molecular complexity index is 982. The average Bonchev–Trinajstić information content (AvgIpc) is 3.37. The highest BCUT2D eigenvalue weighted by molar-refractivity contribution is 6.31. The minimum absolute atomic E-state index is 0.165. The quantitative estimate of drug-likeness (QED) is 0.566. The van der Waals surface area contributed by atoms with Crippen molar-refractivity contribution in [2.45, 2.75) is 42.5 Å². The molecule has 4 N–H and O–H groups in total. The van der Waals surface area contributed by atoms with Crippen LogP contribution in [-0.2, 0) is 28.1 Å². The number of aliphatic hydroxyl groups excluding tert-OH is 4. The Morgan fingerprint density at radius 2 is 1.90 bits per heavy atom. The zero-order chi connectivity index (χ0) is 21.1. The summed E-state index contributed by atoms with van der Waals surface area (Å²) in [7, 11) is 0. The van der Waals surface area contributed by atoms with Gasteiger partial charge in [0.25, 0.3) is 0 Å². The fourth-order valence-electron chi connectivity index (χ4n) is 4.57. The van der Waals surface area contributed by atoms with Gasteiger partial charge in [-0.1, -0.05) is 29.8 Å². The zero-order valence-electron chi connectivity index (χ0n) is 16.1. The number of fused-ring (bicyclic) bond motifs is 3. The lowest BCUT2D eigenvalue weighted by Crippen LogP contribution is -2.65. The van der Waals surface area contributed by atoms with E-state index in [1.165, 1.54) is 0 Å². The van der Waals surface area contributed by atoms with E-state index in [-0.39, 0.29) is 6.61 Å². The summed E-state index contributed by atoms with van der Waals surface area (Å²) in [6, 6.07) is 11.2. The summed E-state index contributed by atoms with van der Waals surface area (Å²) in [4.78, 5) is 0. The predicted molar refractivity (Wildman–Crippen MR) is 106 cm³/mol. The van der Waals surface area contributed by atoms with Crippen LogP contribution in [-0.4, -0.2) is 64.2 Å². The van der Waals surface area contributed by atoms with Gasteiger partial charge >= 0.3 is 0 Å².